The van der Waals surface area contributed by atoms with Gasteiger partial charge in [0.05, 0.1) is 0 Å². The van der Waals surface area contributed by atoms with Gasteiger partial charge >= 0.3 is 0 Å². The van der Waals surface area contributed by atoms with Crippen LogP contribution in [0, 0.1) is 0 Å². The van der Waals surface area contributed by atoms with E-state index in [4.69, 9.17) is 0 Å². The van der Waals surface area contributed by atoms with Crippen molar-refractivity contribution in [2.24, 2.45) is 0 Å². The maximum absolute atomic E-state index is 11.6. The van der Waals surface area contributed by atoms with Crippen LogP contribution in [0.2, 0.25) is 0 Å². The zero-order valence-electron chi connectivity index (χ0n) is 10.6. The van der Waals surface area contributed by atoms with Crippen LogP contribution in [0.3, 0.4) is 0 Å². The van der Waals surface area contributed by atoms with Crippen molar-refractivity contribution in [3.05, 3.63) is 50.6 Å². The van der Waals surface area contributed by atoms with E-state index in [2.05, 4.69) is 38.0 Å². The van der Waals surface area contributed by atoms with E-state index >= 15 is 0 Å². The molecule has 0 spiro atoms. The van der Waals surface area contributed by atoms with Gasteiger partial charge < -0.3 is 10.6 Å². The van der Waals surface area contributed by atoms with E-state index < -0.39 is 0 Å². The second-order valence-electron chi connectivity index (χ2n) is 4.02. The van der Waals surface area contributed by atoms with Crippen LogP contribution in [0.15, 0.2) is 40.2 Å². The molecule has 1 heterocycles. The van der Waals surface area contributed by atoms with E-state index in [1.54, 1.807) is 11.3 Å². The predicted octanol–water partition coefficient (Wildman–Crippen LogP) is 3.87. The molecule has 2 rings (SSSR count). The van der Waals surface area contributed by atoms with Gasteiger partial charge in [0.25, 0.3) is 5.91 Å². The summed E-state index contributed by atoms with van der Waals surface area (Å²) in [6.07, 6.45) is 0. The molecule has 0 saturated heterocycles. The molecule has 0 unspecified atom stereocenters. The lowest BCUT2D eigenvalue weighted by molar-refractivity contribution is 0.0956. The second kappa shape index (κ2) is 6.73. The Morgan fingerprint density at radius 2 is 2.05 bits per heavy atom. The quantitative estimate of drug-likeness (QED) is 0.868. The van der Waals surface area contributed by atoms with Gasteiger partial charge in [-0.2, -0.15) is 0 Å². The van der Waals surface area contributed by atoms with Gasteiger partial charge in [-0.05, 0) is 53.2 Å². The highest BCUT2D eigenvalue weighted by Crippen LogP contribution is 2.21. The van der Waals surface area contributed by atoms with Crippen LogP contribution in [0.5, 0.6) is 0 Å². The van der Waals surface area contributed by atoms with Crippen molar-refractivity contribution in [2.45, 2.75) is 13.5 Å². The standard InChI is InChI=1S/C14H15BrN2OS/c1-2-16-14(18)10-3-5-12(6-4-10)17-8-13-7-11(15)9-19-13/h3-7,9,17H,2,8H2,1H3,(H,16,18). The summed E-state index contributed by atoms with van der Waals surface area (Å²) in [4.78, 5) is 12.9. The number of benzene rings is 1. The first-order valence-electron chi connectivity index (χ1n) is 6.04. The van der Waals surface area contributed by atoms with E-state index in [-0.39, 0.29) is 5.91 Å². The summed E-state index contributed by atoms with van der Waals surface area (Å²) in [6, 6.07) is 9.61. The van der Waals surface area contributed by atoms with Crippen molar-refractivity contribution in [1.82, 2.24) is 5.32 Å². The average Bonchev–Trinajstić information content (AvgIpc) is 2.83. The Morgan fingerprint density at radius 3 is 2.63 bits per heavy atom. The van der Waals surface area contributed by atoms with E-state index in [0.717, 1.165) is 16.7 Å². The summed E-state index contributed by atoms with van der Waals surface area (Å²) < 4.78 is 1.11. The number of anilines is 1. The highest BCUT2D eigenvalue weighted by atomic mass is 79.9. The number of rotatable bonds is 5. The van der Waals surface area contributed by atoms with Gasteiger partial charge in [0.1, 0.15) is 0 Å². The number of hydrogen-bond acceptors (Lipinski definition) is 3. The lowest BCUT2D eigenvalue weighted by Gasteiger charge is -2.06. The molecular formula is C14H15BrN2OS. The van der Waals surface area contributed by atoms with Crippen LogP contribution in [-0.4, -0.2) is 12.5 Å². The van der Waals surface area contributed by atoms with E-state index in [1.165, 1.54) is 4.88 Å². The number of nitrogens with one attached hydrogen (secondary N) is 2. The molecule has 0 atom stereocenters. The first-order valence-corrected chi connectivity index (χ1v) is 7.71. The number of amides is 1. The SMILES string of the molecule is CCNC(=O)c1ccc(NCc2cc(Br)cs2)cc1. The average molecular weight is 339 g/mol. The molecular weight excluding hydrogens is 324 g/mol. The second-order valence-corrected chi connectivity index (χ2v) is 5.93. The normalized spacial score (nSPS) is 10.2. The Labute approximate surface area is 125 Å². The first-order chi connectivity index (χ1) is 9.19. The predicted molar refractivity (Wildman–Crippen MR) is 83.8 cm³/mol. The molecule has 0 aliphatic rings. The molecule has 0 saturated carbocycles. The third kappa shape index (κ3) is 4.08. The maximum Gasteiger partial charge on any atom is 0.251 e. The number of carbonyl (C=O) groups is 1. The summed E-state index contributed by atoms with van der Waals surface area (Å²) in [5, 5.41) is 8.17. The maximum atomic E-state index is 11.6. The Balaban J connectivity index is 1.93. The molecule has 0 aliphatic carbocycles. The monoisotopic (exact) mass is 338 g/mol. The minimum atomic E-state index is -0.0313. The number of carbonyl (C=O) groups excluding carboxylic acids is 1. The molecule has 1 aromatic heterocycles. The largest absolute Gasteiger partial charge is 0.380 e. The molecule has 100 valence electrons. The lowest BCUT2D eigenvalue weighted by atomic mass is 10.2. The van der Waals surface area contributed by atoms with Gasteiger partial charge in [-0.1, -0.05) is 0 Å². The van der Waals surface area contributed by atoms with Gasteiger partial charge in [0.2, 0.25) is 0 Å². The number of thiophene rings is 1. The molecule has 1 amide bonds. The van der Waals surface area contributed by atoms with Gasteiger partial charge in [-0.15, -0.1) is 11.3 Å². The first kappa shape index (κ1) is 14.1. The zero-order valence-corrected chi connectivity index (χ0v) is 13.0. The lowest BCUT2D eigenvalue weighted by Crippen LogP contribution is -2.22. The minimum absolute atomic E-state index is 0.0313. The summed E-state index contributed by atoms with van der Waals surface area (Å²) in [6.45, 7) is 3.34. The van der Waals surface area contributed by atoms with Crippen LogP contribution in [0.1, 0.15) is 22.2 Å². The number of halogens is 1. The Morgan fingerprint density at radius 1 is 1.32 bits per heavy atom. The molecule has 5 heteroatoms. The molecule has 2 N–H and O–H groups in total. The van der Waals surface area contributed by atoms with Gasteiger partial charge in [0.15, 0.2) is 0 Å². The molecule has 0 radical (unpaired) electrons. The van der Waals surface area contributed by atoms with Gasteiger partial charge in [-0.25, -0.2) is 0 Å². The van der Waals surface area contributed by atoms with Crippen molar-refractivity contribution >= 4 is 38.9 Å². The fourth-order valence-electron chi connectivity index (χ4n) is 1.64. The van der Waals surface area contributed by atoms with Crippen LogP contribution in [-0.2, 0) is 6.54 Å². The van der Waals surface area contributed by atoms with Crippen LogP contribution < -0.4 is 10.6 Å². The van der Waals surface area contributed by atoms with Crippen LogP contribution in [0.25, 0.3) is 0 Å². The van der Waals surface area contributed by atoms with Crippen molar-refractivity contribution in [3.8, 4) is 0 Å². The summed E-state index contributed by atoms with van der Waals surface area (Å²) in [5.41, 5.74) is 1.70. The van der Waals surface area contributed by atoms with Crippen molar-refractivity contribution in [3.63, 3.8) is 0 Å². The molecule has 1 aromatic carbocycles. The van der Waals surface area contributed by atoms with E-state index in [0.29, 0.717) is 12.1 Å². The van der Waals surface area contributed by atoms with Gasteiger partial charge in [0, 0.05) is 39.1 Å². The fraction of sp³-hybridized carbons (Fsp3) is 0.214. The Bertz CT molecular complexity index is 551. The van der Waals surface area contributed by atoms with Gasteiger partial charge in [-0.3, -0.25) is 4.79 Å². The highest BCUT2D eigenvalue weighted by Gasteiger charge is 2.03. The fourth-order valence-corrected chi connectivity index (χ4v) is 3.03. The molecule has 19 heavy (non-hydrogen) atoms. The Hall–Kier alpha value is -1.33. The van der Waals surface area contributed by atoms with Crippen LogP contribution >= 0.6 is 27.3 Å². The van der Waals surface area contributed by atoms with Crippen molar-refractivity contribution in [1.29, 1.82) is 0 Å². The molecule has 0 bridgehead atoms. The third-order valence-electron chi connectivity index (χ3n) is 2.57. The molecule has 2 aromatic rings. The molecule has 3 nitrogen and oxygen atoms in total. The van der Waals surface area contributed by atoms with Crippen molar-refractivity contribution in [2.75, 3.05) is 11.9 Å². The molecule has 0 aliphatic heterocycles. The minimum Gasteiger partial charge on any atom is -0.380 e. The highest BCUT2D eigenvalue weighted by molar-refractivity contribution is 9.10. The topological polar surface area (TPSA) is 41.1 Å². The van der Waals surface area contributed by atoms with E-state index in [9.17, 15) is 4.79 Å². The van der Waals surface area contributed by atoms with Crippen LogP contribution in [0.4, 0.5) is 5.69 Å². The number of hydrogen-bond donors (Lipinski definition) is 2. The smallest absolute Gasteiger partial charge is 0.251 e. The Kier molecular flexibility index (Phi) is 4.99. The molecule has 0 fully saturated rings. The summed E-state index contributed by atoms with van der Waals surface area (Å²) in [5.74, 6) is -0.0313. The van der Waals surface area contributed by atoms with Crippen molar-refractivity contribution < 1.29 is 4.79 Å². The summed E-state index contributed by atoms with van der Waals surface area (Å²) >= 11 is 5.15. The third-order valence-corrected chi connectivity index (χ3v) is 4.27. The van der Waals surface area contributed by atoms with E-state index in [1.807, 2.05) is 31.2 Å². The summed E-state index contributed by atoms with van der Waals surface area (Å²) in [7, 11) is 0. The zero-order chi connectivity index (χ0) is 13.7.